The summed E-state index contributed by atoms with van der Waals surface area (Å²) < 4.78 is 34.5. The van der Waals surface area contributed by atoms with Crippen molar-refractivity contribution in [2.75, 3.05) is 6.61 Å². The Labute approximate surface area is 312 Å². The summed E-state index contributed by atoms with van der Waals surface area (Å²) in [5.74, 6) is 0. The zero-order valence-corrected chi connectivity index (χ0v) is 32.2. The molecule has 1 aliphatic heterocycles. The fourth-order valence-corrected chi connectivity index (χ4v) is 12.4. The van der Waals surface area contributed by atoms with Crippen molar-refractivity contribution < 1.29 is 23.4 Å². The van der Waals surface area contributed by atoms with Crippen LogP contribution in [0.15, 0.2) is 152 Å². The van der Waals surface area contributed by atoms with Gasteiger partial charge in [0.2, 0.25) is 0 Å². The molecule has 0 saturated carbocycles. The van der Waals surface area contributed by atoms with Crippen molar-refractivity contribution in [1.29, 1.82) is 0 Å². The molecule has 5 aromatic rings. The van der Waals surface area contributed by atoms with Gasteiger partial charge in [0, 0.05) is 0 Å². The first kappa shape index (κ1) is 36.6. The number of alkyl halides is 1. The molecule has 5 atom stereocenters. The van der Waals surface area contributed by atoms with Crippen molar-refractivity contribution in [3.8, 4) is 0 Å². The molecule has 5 aromatic carbocycles. The van der Waals surface area contributed by atoms with E-state index in [1.165, 1.54) is 10.4 Å². The Kier molecular flexibility index (Phi) is 12.7. The summed E-state index contributed by atoms with van der Waals surface area (Å²) in [6.07, 6.45) is -1.70. The Balaban J connectivity index is 1.36. The van der Waals surface area contributed by atoms with Crippen molar-refractivity contribution in [1.82, 2.24) is 0 Å². The van der Waals surface area contributed by atoms with Gasteiger partial charge in [-0.3, -0.25) is 0 Å². The summed E-state index contributed by atoms with van der Waals surface area (Å²) in [7, 11) is -2.85. The van der Waals surface area contributed by atoms with Gasteiger partial charge in [-0.2, -0.15) is 0 Å². The second-order valence-corrected chi connectivity index (χ2v) is 19.3. The van der Waals surface area contributed by atoms with Gasteiger partial charge in [0.25, 0.3) is 8.32 Å². The van der Waals surface area contributed by atoms with E-state index in [1.807, 2.05) is 54.6 Å². The third-order valence-electron chi connectivity index (χ3n) is 9.31. The first-order chi connectivity index (χ1) is 24.3. The van der Waals surface area contributed by atoms with Gasteiger partial charge in [0.15, 0.2) is 0 Å². The normalized spacial score (nSPS) is 21.2. The molecule has 0 aromatic heterocycles. The van der Waals surface area contributed by atoms with Crippen molar-refractivity contribution in [2.45, 2.75) is 74.2 Å². The first-order valence-electron chi connectivity index (χ1n) is 17.4. The predicted octanol–water partition coefficient (Wildman–Crippen LogP) is 8.48. The van der Waals surface area contributed by atoms with Crippen LogP contribution in [-0.2, 0) is 43.2 Å². The third-order valence-corrected chi connectivity index (χ3v) is 15.3. The van der Waals surface area contributed by atoms with Crippen LogP contribution in [0.5, 0.6) is 0 Å². The smallest absolute Gasteiger partial charge is 0.261 e. The zero-order valence-electron chi connectivity index (χ0n) is 29.1. The summed E-state index contributed by atoms with van der Waals surface area (Å²) in [6, 6.07) is 52.2. The summed E-state index contributed by atoms with van der Waals surface area (Å²) >= 11 is 2.37. The highest BCUT2D eigenvalue weighted by atomic mass is 127. The van der Waals surface area contributed by atoms with E-state index in [9.17, 15) is 0 Å². The van der Waals surface area contributed by atoms with Crippen LogP contribution in [0.3, 0.4) is 0 Å². The number of ether oxygens (including phenoxy) is 4. The minimum atomic E-state index is -2.85. The minimum Gasteiger partial charge on any atom is -0.405 e. The highest BCUT2D eigenvalue weighted by molar-refractivity contribution is 14.1. The molecule has 1 fully saturated rings. The number of hydrogen-bond donors (Lipinski definition) is 0. The van der Waals surface area contributed by atoms with Gasteiger partial charge < -0.3 is 23.4 Å². The lowest BCUT2D eigenvalue weighted by molar-refractivity contribution is -0.247. The van der Waals surface area contributed by atoms with Crippen molar-refractivity contribution >= 4 is 41.3 Å². The van der Waals surface area contributed by atoms with Crippen molar-refractivity contribution in [2.24, 2.45) is 0 Å². The molecule has 0 N–H and O–H groups in total. The van der Waals surface area contributed by atoms with Crippen LogP contribution in [0.2, 0.25) is 5.04 Å². The van der Waals surface area contributed by atoms with E-state index >= 15 is 0 Å². The number of rotatable bonds is 14. The molecule has 50 heavy (non-hydrogen) atoms. The van der Waals surface area contributed by atoms with Crippen molar-refractivity contribution in [3.63, 3.8) is 0 Å². The lowest BCUT2D eigenvalue weighted by Gasteiger charge is -2.47. The fraction of sp³-hybridized carbons (Fsp3) is 0.302. The Morgan fingerprint density at radius 1 is 0.520 bits per heavy atom. The lowest BCUT2D eigenvalue weighted by Crippen LogP contribution is -2.68. The monoisotopic (exact) mass is 798 g/mol. The lowest BCUT2D eigenvalue weighted by atomic mass is 9.99. The van der Waals surface area contributed by atoms with Crippen LogP contribution in [0.25, 0.3) is 0 Å². The van der Waals surface area contributed by atoms with Gasteiger partial charge >= 0.3 is 0 Å². The molecular weight excluding hydrogens is 751 g/mol. The van der Waals surface area contributed by atoms with Crippen LogP contribution < -0.4 is 10.4 Å². The second kappa shape index (κ2) is 17.4. The Hall–Kier alpha value is -3.15. The van der Waals surface area contributed by atoms with Gasteiger partial charge in [-0.1, -0.05) is 172 Å². The predicted molar refractivity (Wildman–Crippen MR) is 211 cm³/mol. The Morgan fingerprint density at radius 2 is 0.880 bits per heavy atom. The average molecular weight is 799 g/mol. The minimum absolute atomic E-state index is 0.182. The van der Waals surface area contributed by atoms with Gasteiger partial charge in [0.05, 0.1) is 26.4 Å². The SMILES string of the molecule is CC(C)(C)[Si](OC[C@H]1O[C@@H](I)[C@H](OCc2ccccc2)[C@@H](OCc2ccccc2)[C@H]1OCc1ccccc1)(c1ccccc1)c1ccccc1. The van der Waals surface area contributed by atoms with Crippen molar-refractivity contribution in [3.05, 3.63) is 168 Å². The maximum Gasteiger partial charge on any atom is 0.261 e. The zero-order chi connectivity index (χ0) is 34.8. The standard InChI is InChI=1S/C43H47IO5Si/c1-43(2,3)50(36-25-15-7-16-26-36,37-27-17-8-18-28-37)48-32-38-39(45-29-33-19-9-4-10-20-33)40(46-30-34-21-11-5-12-22-34)41(42(44)49-38)47-31-35-23-13-6-14-24-35/h4-28,38-42H,29-32H2,1-3H3/t38-,39+,40+,41-,42-/m1/s1. The van der Waals surface area contributed by atoms with Gasteiger partial charge in [-0.05, 0) is 54.7 Å². The average Bonchev–Trinajstić information content (AvgIpc) is 3.15. The summed E-state index contributed by atoms with van der Waals surface area (Å²) in [4.78, 5) is 0. The van der Waals surface area contributed by atoms with E-state index in [1.54, 1.807) is 0 Å². The maximum atomic E-state index is 7.45. The van der Waals surface area contributed by atoms with Crippen LogP contribution in [0.4, 0.5) is 0 Å². The molecular formula is C43H47IO5Si. The van der Waals surface area contributed by atoms with Gasteiger partial charge in [0.1, 0.15) is 28.5 Å². The highest BCUT2D eigenvalue weighted by Gasteiger charge is 2.53. The van der Waals surface area contributed by atoms with Crippen LogP contribution in [-0.4, -0.2) is 43.5 Å². The maximum absolute atomic E-state index is 7.45. The summed E-state index contributed by atoms with van der Waals surface area (Å²) in [5, 5.41) is 2.27. The van der Waals surface area contributed by atoms with Gasteiger partial charge in [-0.15, -0.1) is 0 Å². The summed E-state index contributed by atoms with van der Waals surface area (Å²) in [6.45, 7) is 8.50. The molecule has 260 valence electrons. The highest BCUT2D eigenvalue weighted by Crippen LogP contribution is 2.39. The summed E-state index contributed by atoms with van der Waals surface area (Å²) in [5.41, 5.74) is 3.27. The molecule has 6 rings (SSSR count). The van der Waals surface area contributed by atoms with E-state index in [0.717, 1.165) is 16.7 Å². The van der Waals surface area contributed by atoms with Crippen LogP contribution in [0.1, 0.15) is 37.5 Å². The molecule has 5 nitrogen and oxygen atoms in total. The molecule has 0 unspecified atom stereocenters. The molecule has 7 heteroatoms. The van der Waals surface area contributed by atoms with Crippen LogP contribution >= 0.6 is 22.6 Å². The Bertz CT molecular complexity index is 1660. The number of benzene rings is 5. The largest absolute Gasteiger partial charge is 0.405 e. The molecule has 1 aliphatic rings. The topological polar surface area (TPSA) is 46.2 Å². The van der Waals surface area contributed by atoms with E-state index in [0.29, 0.717) is 26.4 Å². The number of halogens is 1. The number of hydrogen-bond acceptors (Lipinski definition) is 5. The molecule has 1 saturated heterocycles. The quantitative estimate of drug-likeness (QED) is 0.0642. The molecule has 0 amide bonds. The van der Waals surface area contributed by atoms with E-state index < -0.39 is 26.6 Å². The molecule has 0 aliphatic carbocycles. The fourth-order valence-electron chi connectivity index (χ4n) is 6.83. The second-order valence-electron chi connectivity index (χ2n) is 13.8. The molecule has 0 radical (unpaired) electrons. The van der Waals surface area contributed by atoms with E-state index in [4.69, 9.17) is 23.4 Å². The molecule has 0 bridgehead atoms. The van der Waals surface area contributed by atoms with E-state index in [2.05, 4.69) is 140 Å². The van der Waals surface area contributed by atoms with E-state index in [-0.39, 0.29) is 15.3 Å². The molecule has 0 spiro atoms. The van der Waals surface area contributed by atoms with Crippen LogP contribution in [0, 0.1) is 0 Å². The van der Waals surface area contributed by atoms with Gasteiger partial charge in [-0.25, -0.2) is 0 Å². The first-order valence-corrected chi connectivity index (χ1v) is 20.5. The molecule has 1 heterocycles. The Morgan fingerprint density at radius 3 is 1.28 bits per heavy atom. The third kappa shape index (κ3) is 8.82.